The summed E-state index contributed by atoms with van der Waals surface area (Å²) in [5.74, 6) is 1.08. The highest BCUT2D eigenvalue weighted by molar-refractivity contribution is 5.30. The minimum absolute atomic E-state index is 0.424. The molecule has 1 aromatic heterocycles. The van der Waals surface area contributed by atoms with E-state index in [4.69, 9.17) is 0 Å². The van der Waals surface area contributed by atoms with E-state index in [1.807, 2.05) is 6.20 Å². The molecule has 2 fully saturated rings. The molecule has 3 heteroatoms. The van der Waals surface area contributed by atoms with Crippen molar-refractivity contribution in [1.82, 2.24) is 9.55 Å². The molecule has 0 amide bonds. The zero-order valence-electron chi connectivity index (χ0n) is 12.7. The third kappa shape index (κ3) is 2.96. The van der Waals surface area contributed by atoms with Crippen molar-refractivity contribution in [3.05, 3.63) is 12.4 Å². The summed E-state index contributed by atoms with van der Waals surface area (Å²) < 4.78 is 2.39. The fourth-order valence-corrected chi connectivity index (χ4v) is 4.11. The molecule has 0 aliphatic heterocycles. The third-order valence-corrected chi connectivity index (χ3v) is 4.51. The average Bonchev–Trinajstić information content (AvgIpc) is 2.89. The summed E-state index contributed by atoms with van der Waals surface area (Å²) in [7, 11) is 0. The Labute approximate surface area is 116 Å². The van der Waals surface area contributed by atoms with Crippen LogP contribution < -0.4 is 5.32 Å². The molecule has 1 heterocycles. The second-order valence-electron chi connectivity index (χ2n) is 8.14. The van der Waals surface area contributed by atoms with Crippen LogP contribution in [-0.2, 0) is 0 Å². The van der Waals surface area contributed by atoms with Gasteiger partial charge in [-0.05, 0) is 42.9 Å². The molecule has 0 atom stereocenters. The number of imidazole rings is 1. The number of anilines is 1. The SMILES string of the molecule is CC1(C)CC(n2ccnc2NC2CC2)CC(C)(C)C1. The summed E-state index contributed by atoms with van der Waals surface area (Å²) in [6.45, 7) is 9.63. The Bertz CT molecular complexity index is 438. The summed E-state index contributed by atoms with van der Waals surface area (Å²) in [5.41, 5.74) is 0.848. The lowest BCUT2D eigenvalue weighted by molar-refractivity contribution is 0.0730. The summed E-state index contributed by atoms with van der Waals surface area (Å²) in [5, 5.41) is 3.57. The molecule has 2 saturated carbocycles. The van der Waals surface area contributed by atoms with E-state index in [-0.39, 0.29) is 0 Å². The van der Waals surface area contributed by atoms with E-state index in [2.05, 4.69) is 48.8 Å². The minimum atomic E-state index is 0.424. The smallest absolute Gasteiger partial charge is 0.203 e. The monoisotopic (exact) mass is 261 g/mol. The first-order valence-corrected chi connectivity index (χ1v) is 7.64. The van der Waals surface area contributed by atoms with Gasteiger partial charge >= 0.3 is 0 Å². The molecule has 0 radical (unpaired) electrons. The molecule has 2 aliphatic carbocycles. The van der Waals surface area contributed by atoms with Crippen molar-refractivity contribution in [3.8, 4) is 0 Å². The average molecular weight is 261 g/mol. The van der Waals surface area contributed by atoms with E-state index >= 15 is 0 Å². The Kier molecular flexibility index (Phi) is 2.91. The number of rotatable bonds is 3. The van der Waals surface area contributed by atoms with Crippen LogP contribution in [0.15, 0.2) is 12.4 Å². The van der Waals surface area contributed by atoms with Crippen LogP contribution in [0, 0.1) is 10.8 Å². The van der Waals surface area contributed by atoms with E-state index in [1.165, 1.54) is 32.1 Å². The van der Waals surface area contributed by atoms with Crippen LogP contribution in [0.5, 0.6) is 0 Å². The normalized spacial score (nSPS) is 26.3. The highest BCUT2D eigenvalue weighted by atomic mass is 15.2. The molecule has 0 bridgehead atoms. The lowest BCUT2D eigenvalue weighted by Gasteiger charge is -2.45. The van der Waals surface area contributed by atoms with E-state index in [0.717, 1.165) is 5.95 Å². The van der Waals surface area contributed by atoms with Gasteiger partial charge in [-0.15, -0.1) is 0 Å². The number of aromatic nitrogens is 2. The van der Waals surface area contributed by atoms with Gasteiger partial charge in [-0.3, -0.25) is 0 Å². The van der Waals surface area contributed by atoms with Crippen LogP contribution in [0.2, 0.25) is 0 Å². The first-order chi connectivity index (χ1) is 8.85. The van der Waals surface area contributed by atoms with E-state index < -0.39 is 0 Å². The molecule has 106 valence electrons. The van der Waals surface area contributed by atoms with Gasteiger partial charge in [-0.25, -0.2) is 4.98 Å². The maximum absolute atomic E-state index is 4.52. The first-order valence-electron chi connectivity index (χ1n) is 7.64. The second kappa shape index (κ2) is 4.26. The Morgan fingerprint density at radius 3 is 2.37 bits per heavy atom. The molecule has 0 unspecified atom stereocenters. The maximum Gasteiger partial charge on any atom is 0.203 e. The zero-order valence-corrected chi connectivity index (χ0v) is 12.7. The van der Waals surface area contributed by atoms with Gasteiger partial charge in [0.05, 0.1) is 0 Å². The van der Waals surface area contributed by atoms with Crippen LogP contribution in [0.25, 0.3) is 0 Å². The van der Waals surface area contributed by atoms with Crippen molar-refractivity contribution in [2.75, 3.05) is 5.32 Å². The van der Waals surface area contributed by atoms with Crippen LogP contribution >= 0.6 is 0 Å². The standard InChI is InChI=1S/C16H27N3/c1-15(2)9-13(10-16(3,4)11-15)19-8-7-17-14(19)18-12-5-6-12/h7-8,12-13H,5-6,9-11H2,1-4H3,(H,17,18). The summed E-state index contributed by atoms with van der Waals surface area (Å²) in [6, 6.07) is 1.26. The Morgan fingerprint density at radius 1 is 1.16 bits per heavy atom. The fourth-order valence-electron chi connectivity index (χ4n) is 4.11. The van der Waals surface area contributed by atoms with Crippen molar-refractivity contribution < 1.29 is 0 Å². The number of hydrogen-bond donors (Lipinski definition) is 1. The van der Waals surface area contributed by atoms with E-state index in [0.29, 0.717) is 22.9 Å². The maximum atomic E-state index is 4.52. The first kappa shape index (κ1) is 13.0. The largest absolute Gasteiger partial charge is 0.353 e. The Morgan fingerprint density at radius 2 is 1.79 bits per heavy atom. The Balaban J connectivity index is 1.82. The molecule has 0 saturated heterocycles. The fraction of sp³-hybridized carbons (Fsp3) is 0.812. The molecule has 2 aliphatic rings. The van der Waals surface area contributed by atoms with Gasteiger partial charge < -0.3 is 9.88 Å². The van der Waals surface area contributed by atoms with E-state index in [1.54, 1.807) is 0 Å². The summed E-state index contributed by atoms with van der Waals surface area (Å²) in [4.78, 5) is 4.52. The molecule has 1 aromatic rings. The van der Waals surface area contributed by atoms with Gasteiger partial charge in [0.2, 0.25) is 5.95 Å². The van der Waals surface area contributed by atoms with Gasteiger partial charge in [-0.2, -0.15) is 0 Å². The predicted octanol–water partition coefficient (Wildman–Crippen LogP) is 4.23. The quantitative estimate of drug-likeness (QED) is 0.882. The van der Waals surface area contributed by atoms with Crippen LogP contribution in [0.3, 0.4) is 0 Å². The van der Waals surface area contributed by atoms with Crippen molar-refractivity contribution in [1.29, 1.82) is 0 Å². The van der Waals surface area contributed by atoms with Gasteiger partial charge in [0.25, 0.3) is 0 Å². The van der Waals surface area contributed by atoms with Crippen LogP contribution in [-0.4, -0.2) is 15.6 Å². The van der Waals surface area contributed by atoms with Crippen LogP contribution in [0.4, 0.5) is 5.95 Å². The molecule has 0 spiro atoms. The molecular formula is C16H27N3. The van der Waals surface area contributed by atoms with Crippen molar-refractivity contribution in [3.63, 3.8) is 0 Å². The lowest BCUT2D eigenvalue weighted by atomic mass is 9.63. The highest BCUT2D eigenvalue weighted by Crippen LogP contribution is 2.50. The summed E-state index contributed by atoms with van der Waals surface area (Å²) in [6.07, 6.45) is 10.5. The second-order valence-corrected chi connectivity index (χ2v) is 8.14. The number of nitrogens with one attached hydrogen (secondary N) is 1. The molecule has 0 aromatic carbocycles. The number of nitrogens with zero attached hydrogens (tertiary/aromatic N) is 2. The lowest BCUT2D eigenvalue weighted by Crippen LogP contribution is -2.35. The molecule has 3 nitrogen and oxygen atoms in total. The highest BCUT2D eigenvalue weighted by Gasteiger charge is 2.39. The zero-order chi connectivity index (χ0) is 13.7. The molecule has 1 N–H and O–H groups in total. The van der Waals surface area contributed by atoms with E-state index in [9.17, 15) is 0 Å². The third-order valence-electron chi connectivity index (χ3n) is 4.51. The predicted molar refractivity (Wildman–Crippen MR) is 79.3 cm³/mol. The molecular weight excluding hydrogens is 234 g/mol. The van der Waals surface area contributed by atoms with Crippen molar-refractivity contribution >= 4 is 5.95 Å². The van der Waals surface area contributed by atoms with Gasteiger partial charge in [0, 0.05) is 24.5 Å². The topological polar surface area (TPSA) is 29.9 Å². The summed E-state index contributed by atoms with van der Waals surface area (Å²) >= 11 is 0. The van der Waals surface area contributed by atoms with Crippen molar-refractivity contribution in [2.24, 2.45) is 10.8 Å². The molecule has 3 rings (SSSR count). The Hall–Kier alpha value is -0.990. The van der Waals surface area contributed by atoms with Crippen molar-refractivity contribution in [2.45, 2.75) is 71.9 Å². The van der Waals surface area contributed by atoms with Gasteiger partial charge in [-0.1, -0.05) is 27.7 Å². The minimum Gasteiger partial charge on any atom is -0.353 e. The van der Waals surface area contributed by atoms with Gasteiger partial charge in [0.15, 0.2) is 0 Å². The van der Waals surface area contributed by atoms with Crippen LogP contribution in [0.1, 0.15) is 65.8 Å². The van der Waals surface area contributed by atoms with Gasteiger partial charge in [0.1, 0.15) is 0 Å². The molecule has 19 heavy (non-hydrogen) atoms. The number of hydrogen-bond acceptors (Lipinski definition) is 2.